The van der Waals surface area contributed by atoms with E-state index in [1.165, 1.54) is 11.0 Å². The van der Waals surface area contributed by atoms with Gasteiger partial charge in [0.15, 0.2) is 0 Å². The number of hydrogen-bond donors (Lipinski definition) is 2. The molecule has 1 heterocycles. The van der Waals surface area contributed by atoms with Gasteiger partial charge < -0.3 is 15.1 Å². The highest BCUT2D eigenvalue weighted by atomic mass is 32.2. The molecule has 1 atom stereocenters. The fourth-order valence-corrected chi connectivity index (χ4v) is 3.38. The maximum absolute atomic E-state index is 10.5. The zero-order valence-corrected chi connectivity index (χ0v) is 11.4. The van der Waals surface area contributed by atoms with E-state index in [1.54, 1.807) is 23.9 Å². The summed E-state index contributed by atoms with van der Waals surface area (Å²) < 4.78 is 0. The number of thioether (sulfide) groups is 1. The van der Waals surface area contributed by atoms with Crippen molar-refractivity contribution in [3.8, 4) is 0 Å². The number of anilines is 1. The molecule has 0 fully saturated rings. The molecule has 0 aromatic heterocycles. The first-order valence-corrected chi connectivity index (χ1v) is 6.93. The quantitative estimate of drug-likeness (QED) is 0.824. The Hall–Kier alpha value is -1.65. The molecule has 19 heavy (non-hydrogen) atoms. The van der Waals surface area contributed by atoms with Gasteiger partial charge in [0, 0.05) is 18.4 Å². The first-order chi connectivity index (χ1) is 9.07. The van der Waals surface area contributed by atoms with Crippen molar-refractivity contribution in [2.45, 2.75) is 16.9 Å². The molecule has 1 aliphatic carbocycles. The standard InChI is InChI=1S/C15H15NO2S/c1-16-12-4-2-3-5-13(12)19-14(16)10-15(18)8-6-11(17)7-9-15/h2-8,10,17-18H,9H2,1H3. The Morgan fingerprint density at radius 1 is 1.37 bits per heavy atom. The van der Waals surface area contributed by atoms with E-state index in [0.29, 0.717) is 6.42 Å². The number of aliphatic hydroxyl groups is 2. The van der Waals surface area contributed by atoms with E-state index >= 15 is 0 Å². The van der Waals surface area contributed by atoms with Crippen molar-refractivity contribution in [3.05, 3.63) is 59.4 Å². The molecule has 0 bridgehead atoms. The first kappa shape index (κ1) is 12.4. The van der Waals surface area contributed by atoms with Crippen molar-refractivity contribution < 1.29 is 10.2 Å². The summed E-state index contributed by atoms with van der Waals surface area (Å²) in [6, 6.07) is 8.16. The molecule has 0 saturated heterocycles. The van der Waals surface area contributed by atoms with E-state index in [-0.39, 0.29) is 5.76 Å². The molecular weight excluding hydrogens is 258 g/mol. The van der Waals surface area contributed by atoms with Crippen LogP contribution in [0.1, 0.15) is 6.42 Å². The number of benzene rings is 1. The summed E-state index contributed by atoms with van der Waals surface area (Å²) in [4.78, 5) is 3.27. The minimum atomic E-state index is -1.02. The zero-order chi connectivity index (χ0) is 13.5. The summed E-state index contributed by atoms with van der Waals surface area (Å²) in [5.74, 6) is 0.207. The number of fused-ring (bicyclic) bond motifs is 1. The fraction of sp³-hybridized carbons (Fsp3) is 0.200. The highest BCUT2D eigenvalue weighted by molar-refractivity contribution is 8.03. The monoisotopic (exact) mass is 273 g/mol. The Balaban J connectivity index is 1.90. The molecule has 98 valence electrons. The number of aliphatic hydroxyl groups excluding tert-OH is 1. The van der Waals surface area contributed by atoms with Gasteiger partial charge in [-0.05, 0) is 36.4 Å². The van der Waals surface area contributed by atoms with Crippen molar-refractivity contribution in [3.63, 3.8) is 0 Å². The topological polar surface area (TPSA) is 43.7 Å². The minimum absolute atomic E-state index is 0.207. The third kappa shape index (κ3) is 2.29. The third-order valence-electron chi connectivity index (χ3n) is 3.33. The minimum Gasteiger partial charge on any atom is -0.508 e. The van der Waals surface area contributed by atoms with Gasteiger partial charge in [-0.15, -0.1) is 0 Å². The second-order valence-corrected chi connectivity index (χ2v) is 5.83. The number of rotatable bonds is 1. The van der Waals surface area contributed by atoms with E-state index in [2.05, 4.69) is 17.0 Å². The van der Waals surface area contributed by atoms with E-state index in [0.717, 1.165) is 10.7 Å². The smallest absolute Gasteiger partial charge is 0.111 e. The zero-order valence-electron chi connectivity index (χ0n) is 10.6. The van der Waals surface area contributed by atoms with E-state index in [4.69, 9.17) is 0 Å². The van der Waals surface area contributed by atoms with E-state index in [1.807, 2.05) is 25.3 Å². The molecule has 1 aliphatic heterocycles. The third-order valence-corrected chi connectivity index (χ3v) is 4.49. The van der Waals surface area contributed by atoms with Crippen molar-refractivity contribution in [2.75, 3.05) is 11.9 Å². The van der Waals surface area contributed by atoms with Crippen molar-refractivity contribution in [1.29, 1.82) is 0 Å². The molecule has 2 aliphatic rings. The number of hydrogen-bond acceptors (Lipinski definition) is 4. The van der Waals surface area contributed by atoms with Gasteiger partial charge in [0.1, 0.15) is 11.4 Å². The lowest BCUT2D eigenvalue weighted by atomic mass is 9.95. The molecule has 1 aromatic carbocycles. The Labute approximate surface area is 116 Å². The van der Waals surface area contributed by atoms with E-state index in [9.17, 15) is 10.2 Å². The molecule has 3 nitrogen and oxygen atoms in total. The van der Waals surface area contributed by atoms with Crippen LogP contribution in [0, 0.1) is 0 Å². The van der Waals surface area contributed by atoms with Crippen molar-refractivity contribution in [1.82, 2.24) is 0 Å². The average molecular weight is 273 g/mol. The highest BCUT2D eigenvalue weighted by Gasteiger charge is 2.28. The molecule has 1 aromatic rings. The molecule has 0 spiro atoms. The van der Waals surface area contributed by atoms with Gasteiger partial charge in [-0.25, -0.2) is 0 Å². The number of nitrogens with zero attached hydrogens (tertiary/aromatic N) is 1. The highest BCUT2D eigenvalue weighted by Crippen LogP contribution is 2.45. The first-order valence-electron chi connectivity index (χ1n) is 6.12. The van der Waals surface area contributed by atoms with Crippen LogP contribution < -0.4 is 4.90 Å². The van der Waals surface area contributed by atoms with Gasteiger partial charge in [0.25, 0.3) is 0 Å². The fourth-order valence-electron chi connectivity index (χ4n) is 2.20. The Morgan fingerprint density at radius 3 is 2.84 bits per heavy atom. The van der Waals surface area contributed by atoms with Crippen LogP contribution in [0.25, 0.3) is 0 Å². The SMILES string of the molecule is CN1C(=CC2(O)C=CC(O)=CC2)Sc2ccccc21. The molecule has 0 radical (unpaired) electrons. The largest absolute Gasteiger partial charge is 0.508 e. The Morgan fingerprint density at radius 2 is 2.16 bits per heavy atom. The van der Waals surface area contributed by atoms with Gasteiger partial charge in [-0.1, -0.05) is 23.9 Å². The van der Waals surface area contributed by atoms with Gasteiger partial charge in [0.2, 0.25) is 0 Å². The Bertz CT molecular complexity index is 606. The van der Waals surface area contributed by atoms with Crippen LogP contribution in [0.4, 0.5) is 5.69 Å². The lowest BCUT2D eigenvalue weighted by molar-refractivity contribution is 0.141. The van der Waals surface area contributed by atoms with Gasteiger partial charge >= 0.3 is 0 Å². The molecule has 1 unspecified atom stereocenters. The van der Waals surface area contributed by atoms with Gasteiger partial charge in [0.05, 0.1) is 10.7 Å². The summed E-state index contributed by atoms with van der Waals surface area (Å²) in [6.07, 6.45) is 7.03. The summed E-state index contributed by atoms with van der Waals surface area (Å²) >= 11 is 1.65. The summed E-state index contributed by atoms with van der Waals surface area (Å²) in [5.41, 5.74) is 0.130. The van der Waals surface area contributed by atoms with Crippen LogP contribution in [0.2, 0.25) is 0 Å². The van der Waals surface area contributed by atoms with Crippen LogP contribution in [-0.2, 0) is 0 Å². The van der Waals surface area contributed by atoms with Crippen LogP contribution in [-0.4, -0.2) is 22.9 Å². The van der Waals surface area contributed by atoms with Crippen molar-refractivity contribution >= 4 is 17.4 Å². The number of allylic oxidation sites excluding steroid dienone is 1. The lowest BCUT2D eigenvalue weighted by Gasteiger charge is -2.24. The van der Waals surface area contributed by atoms with Crippen LogP contribution in [0.5, 0.6) is 0 Å². The average Bonchev–Trinajstić information content (AvgIpc) is 2.71. The summed E-state index contributed by atoms with van der Waals surface area (Å²) in [5, 5.41) is 20.8. The molecule has 0 amide bonds. The summed E-state index contributed by atoms with van der Waals surface area (Å²) in [7, 11) is 1.99. The van der Waals surface area contributed by atoms with Crippen molar-refractivity contribution in [2.24, 2.45) is 0 Å². The van der Waals surface area contributed by atoms with Gasteiger partial charge in [-0.3, -0.25) is 0 Å². The van der Waals surface area contributed by atoms with Crippen LogP contribution in [0.3, 0.4) is 0 Å². The van der Waals surface area contributed by atoms with Gasteiger partial charge in [-0.2, -0.15) is 0 Å². The van der Waals surface area contributed by atoms with Crippen LogP contribution >= 0.6 is 11.8 Å². The number of para-hydroxylation sites is 1. The Kier molecular flexibility index (Phi) is 2.92. The van der Waals surface area contributed by atoms with Crippen LogP contribution in [0.15, 0.2) is 64.3 Å². The predicted molar refractivity (Wildman–Crippen MR) is 78.2 cm³/mol. The molecule has 3 rings (SSSR count). The predicted octanol–water partition coefficient (Wildman–Crippen LogP) is 3.20. The maximum atomic E-state index is 10.5. The maximum Gasteiger partial charge on any atom is 0.111 e. The molecule has 0 saturated carbocycles. The normalized spacial score (nSPS) is 27.6. The molecular formula is C15H15NO2S. The lowest BCUT2D eigenvalue weighted by Crippen LogP contribution is -2.26. The second-order valence-electron chi connectivity index (χ2n) is 4.77. The summed E-state index contributed by atoms with van der Waals surface area (Å²) in [6.45, 7) is 0. The molecule has 4 heteroatoms. The van der Waals surface area contributed by atoms with E-state index < -0.39 is 5.60 Å². The molecule has 2 N–H and O–H groups in total. The second kappa shape index (κ2) is 4.47.